The molecule has 0 saturated heterocycles. The molecule has 1 aromatic carbocycles. The zero-order valence-corrected chi connectivity index (χ0v) is 14.2. The van der Waals surface area contributed by atoms with Crippen molar-refractivity contribution in [2.45, 2.75) is 32.5 Å². The van der Waals surface area contributed by atoms with Crippen molar-refractivity contribution in [3.8, 4) is 0 Å². The zero-order chi connectivity index (χ0) is 18.1. The van der Waals surface area contributed by atoms with Gasteiger partial charge in [-0.3, -0.25) is 9.48 Å². The molecule has 0 saturated carbocycles. The molecule has 2 rings (SSSR count). The number of halogens is 4. The van der Waals surface area contributed by atoms with Gasteiger partial charge in [0, 0.05) is 7.05 Å². The van der Waals surface area contributed by atoms with E-state index in [0.717, 1.165) is 18.2 Å². The minimum Gasteiger partial charge on any atom is -0.344 e. The maximum absolute atomic E-state index is 12.9. The molecule has 1 atom stereocenters. The molecule has 1 N–H and O–H groups in total. The number of aryl methyl sites for hydroxylation is 2. The van der Waals surface area contributed by atoms with Crippen molar-refractivity contribution in [1.29, 1.82) is 0 Å². The molecular weight excluding hydrogens is 343 g/mol. The number of amides is 1. The first-order valence-corrected chi connectivity index (χ1v) is 7.70. The van der Waals surface area contributed by atoms with Gasteiger partial charge in [-0.1, -0.05) is 48.4 Å². The third-order valence-corrected chi connectivity index (χ3v) is 4.02. The van der Waals surface area contributed by atoms with Crippen LogP contribution in [0.3, 0.4) is 0 Å². The van der Waals surface area contributed by atoms with E-state index in [2.05, 4.69) is 10.4 Å². The fraction of sp³-hybridized carbons (Fsp3) is 0.375. The molecule has 0 aliphatic carbocycles. The predicted molar refractivity (Wildman–Crippen MR) is 84.9 cm³/mol. The van der Waals surface area contributed by atoms with E-state index in [9.17, 15) is 18.0 Å². The third kappa shape index (κ3) is 3.72. The number of carbonyl (C=O) groups excluding carboxylic acids is 1. The first-order chi connectivity index (χ1) is 11.1. The molecule has 1 heterocycles. The van der Waals surface area contributed by atoms with E-state index in [-0.39, 0.29) is 6.04 Å². The topological polar surface area (TPSA) is 46.9 Å². The summed E-state index contributed by atoms with van der Waals surface area (Å²) in [4.78, 5) is 12.3. The zero-order valence-electron chi connectivity index (χ0n) is 13.4. The van der Waals surface area contributed by atoms with Crippen LogP contribution >= 0.6 is 11.6 Å². The van der Waals surface area contributed by atoms with Crippen LogP contribution in [-0.4, -0.2) is 15.7 Å². The number of nitrogens with zero attached hydrogens (tertiary/aromatic N) is 2. The molecule has 2 aromatic rings. The highest BCUT2D eigenvalue weighted by Gasteiger charge is 2.40. The van der Waals surface area contributed by atoms with Crippen molar-refractivity contribution in [3.05, 3.63) is 51.8 Å². The Hall–Kier alpha value is -2.02. The lowest BCUT2D eigenvalue weighted by Crippen LogP contribution is -2.28. The Morgan fingerprint density at radius 3 is 2.38 bits per heavy atom. The molecule has 1 aromatic heterocycles. The molecule has 0 aliphatic rings. The first kappa shape index (κ1) is 18.3. The van der Waals surface area contributed by atoms with Crippen LogP contribution in [0.4, 0.5) is 13.2 Å². The number of carbonyl (C=O) groups is 1. The average molecular weight is 360 g/mol. The van der Waals surface area contributed by atoms with Gasteiger partial charge in [0.25, 0.3) is 5.91 Å². The Labute approximate surface area is 142 Å². The number of hydrogen-bond donors (Lipinski definition) is 1. The highest BCUT2D eigenvalue weighted by molar-refractivity contribution is 6.34. The highest BCUT2D eigenvalue weighted by Crippen LogP contribution is 2.36. The van der Waals surface area contributed by atoms with E-state index in [0.29, 0.717) is 11.1 Å². The molecule has 0 aliphatic heterocycles. The van der Waals surface area contributed by atoms with E-state index in [1.54, 1.807) is 0 Å². The van der Waals surface area contributed by atoms with Crippen molar-refractivity contribution in [2.24, 2.45) is 7.05 Å². The molecule has 24 heavy (non-hydrogen) atoms. The number of benzene rings is 1. The van der Waals surface area contributed by atoms with Gasteiger partial charge in [0.2, 0.25) is 0 Å². The lowest BCUT2D eigenvalue weighted by atomic mass is 10.0. The van der Waals surface area contributed by atoms with Crippen molar-refractivity contribution < 1.29 is 18.0 Å². The van der Waals surface area contributed by atoms with Crippen LogP contribution in [0.5, 0.6) is 0 Å². The van der Waals surface area contributed by atoms with Gasteiger partial charge in [-0.15, -0.1) is 0 Å². The van der Waals surface area contributed by atoms with Gasteiger partial charge in [-0.2, -0.15) is 18.3 Å². The minimum atomic E-state index is -4.68. The summed E-state index contributed by atoms with van der Waals surface area (Å²) in [6.45, 7) is 3.81. The Balaban J connectivity index is 2.27. The summed E-state index contributed by atoms with van der Waals surface area (Å²) in [6.07, 6.45) is -4.11. The van der Waals surface area contributed by atoms with Crippen molar-refractivity contribution in [3.63, 3.8) is 0 Å². The van der Waals surface area contributed by atoms with Gasteiger partial charge in [-0.25, -0.2) is 0 Å². The van der Waals surface area contributed by atoms with E-state index in [1.165, 1.54) is 0 Å². The lowest BCUT2D eigenvalue weighted by molar-refractivity contribution is -0.143. The Morgan fingerprint density at radius 1 is 1.33 bits per heavy atom. The standard InChI is InChI=1S/C16H17ClF3N3O/c1-4-11(10-7-5-9(2)6-8-10)21-15(24)13-12(17)14(16(18,19)20)23(3)22-13/h5-8,11H,4H2,1-3H3,(H,21,24). The molecular formula is C16H17ClF3N3O. The lowest BCUT2D eigenvalue weighted by Gasteiger charge is -2.17. The van der Waals surface area contributed by atoms with Crippen LogP contribution in [0.1, 0.15) is 46.7 Å². The summed E-state index contributed by atoms with van der Waals surface area (Å²) in [7, 11) is 1.10. The highest BCUT2D eigenvalue weighted by atomic mass is 35.5. The van der Waals surface area contributed by atoms with Crippen LogP contribution in [0.25, 0.3) is 0 Å². The number of hydrogen-bond acceptors (Lipinski definition) is 2. The van der Waals surface area contributed by atoms with Crippen LogP contribution in [0, 0.1) is 6.92 Å². The van der Waals surface area contributed by atoms with Crippen molar-refractivity contribution in [2.75, 3.05) is 0 Å². The summed E-state index contributed by atoms with van der Waals surface area (Å²) in [5.41, 5.74) is 0.358. The molecule has 0 radical (unpaired) electrons. The van der Waals surface area contributed by atoms with Crippen LogP contribution in [-0.2, 0) is 13.2 Å². The SMILES string of the molecule is CCC(NC(=O)c1nn(C)c(C(F)(F)F)c1Cl)c1ccc(C)cc1. The van der Waals surface area contributed by atoms with E-state index in [4.69, 9.17) is 11.6 Å². The Bertz CT molecular complexity index is 738. The molecule has 0 spiro atoms. The summed E-state index contributed by atoms with van der Waals surface area (Å²) >= 11 is 5.74. The summed E-state index contributed by atoms with van der Waals surface area (Å²) in [6, 6.07) is 7.19. The average Bonchev–Trinajstić information content (AvgIpc) is 2.80. The van der Waals surface area contributed by atoms with Gasteiger partial charge in [0.1, 0.15) is 5.02 Å². The number of rotatable bonds is 4. The number of aromatic nitrogens is 2. The maximum Gasteiger partial charge on any atom is 0.434 e. The molecule has 0 bridgehead atoms. The maximum atomic E-state index is 12.9. The van der Waals surface area contributed by atoms with E-state index in [1.807, 2.05) is 38.1 Å². The Morgan fingerprint density at radius 2 is 1.92 bits per heavy atom. The van der Waals surface area contributed by atoms with Crippen LogP contribution in [0.15, 0.2) is 24.3 Å². The molecule has 1 unspecified atom stereocenters. The molecule has 0 fully saturated rings. The summed E-state index contributed by atoms with van der Waals surface area (Å²) in [5, 5.41) is 5.62. The van der Waals surface area contributed by atoms with E-state index >= 15 is 0 Å². The monoisotopic (exact) mass is 359 g/mol. The smallest absolute Gasteiger partial charge is 0.344 e. The van der Waals surface area contributed by atoms with Crippen molar-refractivity contribution in [1.82, 2.24) is 15.1 Å². The van der Waals surface area contributed by atoms with Gasteiger partial charge < -0.3 is 5.32 Å². The second-order valence-corrected chi connectivity index (χ2v) is 5.86. The number of nitrogens with one attached hydrogen (secondary N) is 1. The number of alkyl halides is 3. The van der Waals surface area contributed by atoms with Gasteiger partial charge in [-0.05, 0) is 18.9 Å². The summed E-state index contributed by atoms with van der Waals surface area (Å²) < 4.78 is 39.4. The second kappa shape index (κ2) is 6.84. The van der Waals surface area contributed by atoms with Gasteiger partial charge >= 0.3 is 6.18 Å². The molecule has 4 nitrogen and oxygen atoms in total. The van der Waals surface area contributed by atoms with Crippen molar-refractivity contribution >= 4 is 17.5 Å². The molecule has 130 valence electrons. The molecule has 8 heteroatoms. The minimum absolute atomic E-state index is 0.342. The fourth-order valence-corrected chi connectivity index (χ4v) is 2.75. The third-order valence-electron chi connectivity index (χ3n) is 3.67. The quantitative estimate of drug-likeness (QED) is 0.885. The fourth-order valence-electron chi connectivity index (χ4n) is 2.40. The largest absolute Gasteiger partial charge is 0.434 e. The van der Waals surface area contributed by atoms with Crippen LogP contribution in [0.2, 0.25) is 5.02 Å². The Kier molecular flexibility index (Phi) is 5.22. The normalized spacial score (nSPS) is 13.0. The van der Waals surface area contributed by atoms with Gasteiger partial charge in [0.15, 0.2) is 11.4 Å². The summed E-state index contributed by atoms with van der Waals surface area (Å²) in [5.74, 6) is -0.737. The predicted octanol–water partition coefficient (Wildman–Crippen LogP) is 4.28. The van der Waals surface area contributed by atoms with Crippen LogP contribution < -0.4 is 5.32 Å². The first-order valence-electron chi connectivity index (χ1n) is 7.32. The molecule has 1 amide bonds. The second-order valence-electron chi connectivity index (χ2n) is 5.48. The van der Waals surface area contributed by atoms with E-state index < -0.39 is 28.5 Å². The van der Waals surface area contributed by atoms with Gasteiger partial charge in [0.05, 0.1) is 6.04 Å².